The summed E-state index contributed by atoms with van der Waals surface area (Å²) >= 11 is 0. The number of hydrogen-bond acceptors (Lipinski definition) is 5. The second-order valence-corrected chi connectivity index (χ2v) is 8.59. The number of piperidine rings is 2. The fourth-order valence-corrected chi connectivity index (χ4v) is 5.02. The number of carbonyl (C=O) groups is 1. The number of hydrogen-bond donors (Lipinski definition) is 0. The molecule has 3 saturated heterocycles. The first kappa shape index (κ1) is 20.3. The predicted octanol–water partition coefficient (Wildman–Crippen LogP) is 2.09. The third-order valence-corrected chi connectivity index (χ3v) is 6.66. The molecule has 0 N–H and O–H groups in total. The highest BCUT2D eigenvalue weighted by Crippen LogP contribution is 2.26. The summed E-state index contributed by atoms with van der Waals surface area (Å²) in [5.74, 6) is 0.501. The molecule has 0 bridgehead atoms. The van der Waals surface area contributed by atoms with E-state index in [1.54, 1.807) is 0 Å². The number of morpholine rings is 1. The minimum atomic E-state index is 0.161. The average molecular weight is 397 g/mol. The molecule has 6 heteroatoms. The number of amides is 1. The van der Waals surface area contributed by atoms with E-state index in [4.69, 9.17) is 10.00 Å². The van der Waals surface area contributed by atoms with Gasteiger partial charge in [0.15, 0.2) is 0 Å². The zero-order chi connectivity index (χ0) is 20.1. The van der Waals surface area contributed by atoms with Crippen LogP contribution in [0.3, 0.4) is 0 Å². The van der Waals surface area contributed by atoms with Crippen molar-refractivity contribution in [3.8, 4) is 6.07 Å². The summed E-state index contributed by atoms with van der Waals surface area (Å²) in [7, 11) is 0. The number of nitriles is 1. The van der Waals surface area contributed by atoms with Gasteiger partial charge in [-0.3, -0.25) is 14.6 Å². The van der Waals surface area contributed by atoms with Gasteiger partial charge >= 0.3 is 0 Å². The highest BCUT2D eigenvalue weighted by Gasteiger charge is 2.33. The molecule has 0 spiro atoms. The quantitative estimate of drug-likeness (QED) is 0.780. The Kier molecular flexibility index (Phi) is 6.81. The molecule has 0 aliphatic carbocycles. The van der Waals surface area contributed by atoms with Gasteiger partial charge in [-0.15, -0.1) is 0 Å². The van der Waals surface area contributed by atoms with Crippen molar-refractivity contribution >= 4 is 5.91 Å². The van der Waals surface area contributed by atoms with Gasteiger partial charge in [-0.2, -0.15) is 5.26 Å². The van der Waals surface area contributed by atoms with E-state index >= 15 is 0 Å². The largest absolute Gasteiger partial charge is 0.378 e. The third kappa shape index (κ3) is 5.16. The standard InChI is InChI=1S/C23H32N4O2/c24-16-19-3-1-4-20(15-19)17-25-9-6-22(7-10-25)27-8-2-5-21(18-27)23(28)26-11-13-29-14-12-26/h1,3-4,15,21-22H,2,5-14,17-18H2. The lowest BCUT2D eigenvalue weighted by molar-refractivity contribution is -0.142. The Hall–Kier alpha value is -1.94. The molecule has 0 saturated carbocycles. The van der Waals surface area contributed by atoms with Gasteiger partial charge in [0.05, 0.1) is 30.8 Å². The molecular weight excluding hydrogens is 364 g/mol. The molecule has 156 valence electrons. The van der Waals surface area contributed by atoms with Crippen molar-refractivity contribution in [1.29, 1.82) is 5.26 Å². The Balaban J connectivity index is 1.26. The van der Waals surface area contributed by atoms with Crippen molar-refractivity contribution in [2.24, 2.45) is 5.92 Å². The Bertz CT molecular complexity index is 733. The van der Waals surface area contributed by atoms with Gasteiger partial charge in [0, 0.05) is 32.2 Å². The first-order valence-electron chi connectivity index (χ1n) is 11.0. The fourth-order valence-electron chi connectivity index (χ4n) is 5.02. The molecule has 1 aromatic rings. The second kappa shape index (κ2) is 9.71. The summed E-state index contributed by atoms with van der Waals surface area (Å²) in [5.41, 5.74) is 1.96. The SMILES string of the molecule is N#Cc1cccc(CN2CCC(N3CCCC(C(=O)N4CCOCC4)C3)CC2)c1. The number of nitrogens with zero attached hydrogens (tertiary/aromatic N) is 4. The lowest BCUT2D eigenvalue weighted by Gasteiger charge is -2.43. The third-order valence-electron chi connectivity index (χ3n) is 6.66. The number of ether oxygens (including phenoxy) is 1. The van der Waals surface area contributed by atoms with Crippen LogP contribution in [0.15, 0.2) is 24.3 Å². The lowest BCUT2D eigenvalue weighted by Crippen LogP contribution is -2.52. The molecule has 3 aliphatic rings. The molecule has 0 aromatic heterocycles. The molecule has 0 radical (unpaired) electrons. The predicted molar refractivity (Wildman–Crippen MR) is 111 cm³/mol. The van der Waals surface area contributed by atoms with E-state index in [2.05, 4.69) is 21.9 Å². The molecule has 3 heterocycles. The van der Waals surface area contributed by atoms with Crippen LogP contribution in [0, 0.1) is 17.2 Å². The van der Waals surface area contributed by atoms with E-state index in [1.165, 1.54) is 5.56 Å². The van der Waals surface area contributed by atoms with Crippen LogP contribution in [0.25, 0.3) is 0 Å². The molecule has 1 amide bonds. The minimum Gasteiger partial charge on any atom is -0.378 e. The molecule has 4 rings (SSSR count). The van der Waals surface area contributed by atoms with Crippen LogP contribution in [-0.4, -0.2) is 79.1 Å². The van der Waals surface area contributed by atoms with E-state index in [0.717, 1.165) is 77.1 Å². The summed E-state index contributed by atoms with van der Waals surface area (Å²) in [5, 5.41) is 9.09. The van der Waals surface area contributed by atoms with Gasteiger partial charge < -0.3 is 9.64 Å². The van der Waals surface area contributed by atoms with Crippen molar-refractivity contribution < 1.29 is 9.53 Å². The van der Waals surface area contributed by atoms with Gasteiger partial charge in [-0.25, -0.2) is 0 Å². The van der Waals surface area contributed by atoms with Crippen molar-refractivity contribution in [2.45, 2.75) is 38.3 Å². The first-order valence-corrected chi connectivity index (χ1v) is 11.0. The van der Waals surface area contributed by atoms with Crippen LogP contribution in [0.4, 0.5) is 0 Å². The number of rotatable bonds is 4. The molecule has 1 unspecified atom stereocenters. The molecule has 1 atom stereocenters. The molecule has 6 nitrogen and oxygen atoms in total. The van der Waals surface area contributed by atoms with Crippen LogP contribution in [0.5, 0.6) is 0 Å². The summed E-state index contributed by atoms with van der Waals surface area (Å²) in [6.45, 7) is 7.99. The van der Waals surface area contributed by atoms with Crippen molar-refractivity contribution in [3.05, 3.63) is 35.4 Å². The van der Waals surface area contributed by atoms with Gasteiger partial charge in [0.2, 0.25) is 5.91 Å². The highest BCUT2D eigenvalue weighted by atomic mass is 16.5. The average Bonchev–Trinajstić information content (AvgIpc) is 2.80. The molecular formula is C23H32N4O2. The maximum atomic E-state index is 12.9. The van der Waals surface area contributed by atoms with Crippen LogP contribution in [0.1, 0.15) is 36.8 Å². The van der Waals surface area contributed by atoms with Crippen molar-refractivity contribution in [3.63, 3.8) is 0 Å². The van der Waals surface area contributed by atoms with Gasteiger partial charge in [0.1, 0.15) is 0 Å². The minimum absolute atomic E-state index is 0.161. The lowest BCUT2D eigenvalue weighted by atomic mass is 9.92. The van der Waals surface area contributed by atoms with Gasteiger partial charge in [0.25, 0.3) is 0 Å². The van der Waals surface area contributed by atoms with Crippen LogP contribution >= 0.6 is 0 Å². The topological polar surface area (TPSA) is 59.8 Å². The zero-order valence-corrected chi connectivity index (χ0v) is 17.3. The maximum Gasteiger partial charge on any atom is 0.227 e. The van der Waals surface area contributed by atoms with Crippen molar-refractivity contribution in [1.82, 2.24) is 14.7 Å². The fraction of sp³-hybridized carbons (Fsp3) is 0.652. The van der Waals surface area contributed by atoms with E-state index in [1.807, 2.05) is 23.1 Å². The van der Waals surface area contributed by atoms with E-state index in [0.29, 0.717) is 25.2 Å². The van der Waals surface area contributed by atoms with Gasteiger partial charge in [-0.1, -0.05) is 12.1 Å². The molecule has 29 heavy (non-hydrogen) atoms. The normalized spacial score (nSPS) is 24.9. The zero-order valence-electron chi connectivity index (χ0n) is 17.3. The number of benzene rings is 1. The van der Waals surface area contributed by atoms with Crippen LogP contribution in [0.2, 0.25) is 0 Å². The Morgan fingerprint density at radius 3 is 2.66 bits per heavy atom. The molecule has 3 aliphatic heterocycles. The van der Waals surface area contributed by atoms with E-state index < -0.39 is 0 Å². The molecule has 3 fully saturated rings. The maximum absolute atomic E-state index is 12.9. The second-order valence-electron chi connectivity index (χ2n) is 8.59. The van der Waals surface area contributed by atoms with Crippen molar-refractivity contribution in [2.75, 3.05) is 52.5 Å². The van der Waals surface area contributed by atoms with E-state index in [9.17, 15) is 4.79 Å². The number of carbonyl (C=O) groups excluding carboxylic acids is 1. The summed E-state index contributed by atoms with van der Waals surface area (Å²) in [6, 6.07) is 10.8. The Labute approximate surface area is 174 Å². The monoisotopic (exact) mass is 396 g/mol. The van der Waals surface area contributed by atoms with Crippen LogP contribution < -0.4 is 0 Å². The number of likely N-dealkylation sites (tertiary alicyclic amines) is 2. The highest BCUT2D eigenvalue weighted by molar-refractivity contribution is 5.79. The summed E-state index contributed by atoms with van der Waals surface area (Å²) in [6.07, 6.45) is 4.48. The van der Waals surface area contributed by atoms with E-state index in [-0.39, 0.29) is 5.92 Å². The van der Waals surface area contributed by atoms with Crippen LogP contribution in [-0.2, 0) is 16.1 Å². The Morgan fingerprint density at radius 2 is 1.90 bits per heavy atom. The first-order chi connectivity index (χ1) is 14.2. The smallest absolute Gasteiger partial charge is 0.227 e. The molecule has 1 aromatic carbocycles. The Morgan fingerprint density at radius 1 is 1.10 bits per heavy atom. The summed E-state index contributed by atoms with van der Waals surface area (Å²) < 4.78 is 5.39. The summed E-state index contributed by atoms with van der Waals surface area (Å²) in [4.78, 5) is 20.0. The van der Waals surface area contributed by atoms with Gasteiger partial charge in [-0.05, 0) is 63.0 Å².